The Bertz CT molecular complexity index is 1440. The van der Waals surface area contributed by atoms with Crippen LogP contribution < -0.4 is 0 Å². The highest BCUT2D eigenvalue weighted by Gasteiger charge is 2.36. The average Bonchev–Trinajstić information content (AvgIpc) is 3.04. The summed E-state index contributed by atoms with van der Waals surface area (Å²) in [6.07, 6.45) is 11.9. The maximum absolute atomic E-state index is 14.3. The van der Waals surface area contributed by atoms with Crippen LogP contribution in [-0.2, 0) is 22.4 Å². The number of nitrogens with zero attached hydrogens (tertiary/aromatic N) is 3. The Labute approximate surface area is 259 Å². The molecule has 1 fully saturated rings. The molecular formula is C35H40ClN3O4. The van der Waals surface area contributed by atoms with Gasteiger partial charge in [0.1, 0.15) is 17.7 Å². The van der Waals surface area contributed by atoms with Gasteiger partial charge in [-0.2, -0.15) is 0 Å². The van der Waals surface area contributed by atoms with Crippen LogP contribution in [0.15, 0.2) is 72.0 Å². The second-order valence-electron chi connectivity index (χ2n) is 12.4. The number of carbonyl (C=O) groups excluding carboxylic acids is 2. The predicted molar refractivity (Wildman–Crippen MR) is 169 cm³/mol. The highest BCUT2D eigenvalue weighted by Crippen LogP contribution is 2.33. The first-order valence-corrected chi connectivity index (χ1v) is 15.6. The van der Waals surface area contributed by atoms with Crippen LogP contribution in [0.4, 0.5) is 5.69 Å². The highest BCUT2D eigenvalue weighted by molar-refractivity contribution is 6.31. The lowest BCUT2D eigenvalue weighted by atomic mass is 9.98. The van der Waals surface area contributed by atoms with Crippen LogP contribution >= 0.6 is 11.6 Å². The molecule has 2 aliphatic rings. The number of aliphatic imine (C=N–C) groups is 1. The number of halogens is 1. The molecule has 1 saturated carbocycles. The zero-order valence-electron chi connectivity index (χ0n) is 25.2. The Morgan fingerprint density at radius 3 is 2.37 bits per heavy atom. The number of pyridine rings is 1. The molecule has 0 N–H and O–H groups in total. The van der Waals surface area contributed by atoms with Crippen molar-refractivity contribution in [3.63, 3.8) is 0 Å². The van der Waals surface area contributed by atoms with Gasteiger partial charge in [-0.1, -0.05) is 49.1 Å². The predicted octanol–water partition coefficient (Wildman–Crippen LogP) is 8.12. The van der Waals surface area contributed by atoms with Gasteiger partial charge in [-0.25, -0.2) is 9.79 Å². The van der Waals surface area contributed by atoms with Gasteiger partial charge < -0.3 is 14.4 Å². The highest BCUT2D eigenvalue weighted by atomic mass is 35.5. The molecule has 0 unspecified atom stereocenters. The lowest BCUT2D eigenvalue weighted by Crippen LogP contribution is -2.46. The first-order chi connectivity index (χ1) is 20.7. The van der Waals surface area contributed by atoms with Gasteiger partial charge in [-0.3, -0.25) is 9.78 Å². The normalized spacial score (nSPS) is 18.1. The van der Waals surface area contributed by atoms with Crippen molar-refractivity contribution in [3.8, 4) is 0 Å². The summed E-state index contributed by atoms with van der Waals surface area (Å²) in [7, 11) is 0. The fourth-order valence-electron chi connectivity index (χ4n) is 5.61. The Hall–Kier alpha value is -3.71. The molecule has 1 aliphatic heterocycles. The average molecular weight is 602 g/mol. The quantitative estimate of drug-likeness (QED) is 0.267. The van der Waals surface area contributed by atoms with Gasteiger partial charge >= 0.3 is 5.97 Å². The SMILES string of the molecule is CC(C)(C)OC(=O)c1ccc(CN2C(=O)c3ccc(Cl)cc3N=C(OC3CCCCCCC3)[C@H]2Cc2cccnc2)cc1. The minimum absolute atomic E-state index is 0.0289. The Balaban J connectivity index is 1.52. The van der Waals surface area contributed by atoms with Crippen LogP contribution in [0.1, 0.15) is 97.6 Å². The molecule has 43 heavy (non-hydrogen) atoms. The van der Waals surface area contributed by atoms with Crippen LogP contribution in [0.2, 0.25) is 5.02 Å². The third-order valence-electron chi connectivity index (χ3n) is 7.78. The van der Waals surface area contributed by atoms with Gasteiger partial charge in [0.15, 0.2) is 0 Å². The topological polar surface area (TPSA) is 81.1 Å². The van der Waals surface area contributed by atoms with Crippen LogP contribution in [0.3, 0.4) is 0 Å². The van der Waals surface area contributed by atoms with Crippen LogP contribution in [-0.4, -0.2) is 45.4 Å². The lowest BCUT2D eigenvalue weighted by Gasteiger charge is -2.33. The molecule has 7 nitrogen and oxygen atoms in total. The maximum Gasteiger partial charge on any atom is 0.338 e. The number of benzene rings is 2. The van der Waals surface area contributed by atoms with Gasteiger partial charge in [0.05, 0.1) is 16.8 Å². The molecule has 8 heteroatoms. The summed E-state index contributed by atoms with van der Waals surface area (Å²) < 4.78 is 12.3. The Kier molecular flexibility index (Phi) is 9.81. The number of carbonyl (C=O) groups is 2. The molecule has 0 radical (unpaired) electrons. The lowest BCUT2D eigenvalue weighted by molar-refractivity contribution is 0.00692. The molecule has 0 bridgehead atoms. The number of hydrogen-bond donors (Lipinski definition) is 0. The number of esters is 1. The minimum atomic E-state index is -0.587. The summed E-state index contributed by atoms with van der Waals surface area (Å²) in [5.74, 6) is -0.0156. The number of ether oxygens (including phenoxy) is 2. The first kappa shape index (κ1) is 30.7. The largest absolute Gasteiger partial charge is 0.476 e. The summed E-state index contributed by atoms with van der Waals surface area (Å²) in [5, 5.41) is 0.510. The fraction of sp³-hybridized carbons (Fsp3) is 0.429. The second kappa shape index (κ2) is 13.7. The number of amides is 1. The van der Waals surface area contributed by atoms with E-state index in [-0.39, 0.29) is 18.0 Å². The van der Waals surface area contributed by atoms with E-state index >= 15 is 0 Å². The van der Waals surface area contributed by atoms with E-state index in [1.807, 2.05) is 56.1 Å². The summed E-state index contributed by atoms with van der Waals surface area (Å²) in [5.41, 5.74) is 2.71. The van der Waals surface area contributed by atoms with Crippen LogP contribution in [0, 0.1) is 0 Å². The van der Waals surface area contributed by atoms with Gasteiger partial charge in [0, 0.05) is 30.4 Å². The number of fused-ring (bicyclic) bond motifs is 1. The summed E-state index contributed by atoms with van der Waals surface area (Å²) in [6.45, 7) is 5.83. The Morgan fingerprint density at radius 1 is 0.977 bits per heavy atom. The van der Waals surface area contributed by atoms with Crippen molar-refractivity contribution in [2.75, 3.05) is 0 Å². The summed E-state index contributed by atoms with van der Waals surface area (Å²) in [6, 6.07) is 15.9. The zero-order chi connectivity index (χ0) is 30.4. The van der Waals surface area contributed by atoms with Gasteiger partial charge in [0.25, 0.3) is 5.91 Å². The summed E-state index contributed by atoms with van der Waals surface area (Å²) >= 11 is 6.39. The van der Waals surface area contributed by atoms with Crippen LogP contribution in [0.25, 0.3) is 0 Å². The summed E-state index contributed by atoms with van der Waals surface area (Å²) in [4.78, 5) is 38.1. The first-order valence-electron chi connectivity index (χ1n) is 15.2. The van der Waals surface area contributed by atoms with E-state index in [0.29, 0.717) is 40.7 Å². The van der Waals surface area contributed by atoms with Crippen molar-refractivity contribution in [2.45, 2.75) is 96.4 Å². The van der Waals surface area contributed by atoms with Crippen molar-refractivity contribution < 1.29 is 19.1 Å². The molecule has 0 spiro atoms. The number of aromatic nitrogens is 1. The van der Waals surface area contributed by atoms with Crippen molar-refractivity contribution in [2.24, 2.45) is 4.99 Å². The molecule has 0 saturated heterocycles. The van der Waals surface area contributed by atoms with Gasteiger partial charge in [0.2, 0.25) is 5.90 Å². The van der Waals surface area contributed by atoms with Gasteiger partial charge in [-0.05, 0) is 94.0 Å². The molecule has 1 aromatic heterocycles. The minimum Gasteiger partial charge on any atom is -0.476 e. The van der Waals surface area contributed by atoms with Crippen molar-refractivity contribution in [1.29, 1.82) is 0 Å². The molecule has 1 amide bonds. The zero-order valence-corrected chi connectivity index (χ0v) is 26.0. The standard InChI is InChI=1S/C35H40ClN3O4/c1-35(2,3)43-34(41)26-15-13-24(14-16-26)23-39-31(20-25-10-9-19-37-22-25)32(42-28-11-7-5-4-6-8-12-28)38-30-21-27(36)17-18-29(30)33(39)40/h9-10,13-19,21-22,28,31H,4-8,11-12,20,23H2,1-3H3/t31-/m1/s1. The molecule has 2 aromatic carbocycles. The van der Waals surface area contributed by atoms with E-state index in [0.717, 1.165) is 36.8 Å². The maximum atomic E-state index is 14.3. The number of hydrogen-bond acceptors (Lipinski definition) is 6. The van der Waals surface area contributed by atoms with E-state index in [2.05, 4.69) is 4.98 Å². The molecule has 1 atom stereocenters. The third kappa shape index (κ3) is 8.23. The van der Waals surface area contributed by atoms with E-state index in [1.54, 1.807) is 36.5 Å². The van der Waals surface area contributed by atoms with E-state index in [1.165, 1.54) is 19.3 Å². The Morgan fingerprint density at radius 2 is 1.70 bits per heavy atom. The third-order valence-corrected chi connectivity index (χ3v) is 8.01. The van der Waals surface area contributed by atoms with Crippen molar-refractivity contribution in [3.05, 3.63) is 94.3 Å². The molecule has 3 aromatic rings. The van der Waals surface area contributed by atoms with Crippen molar-refractivity contribution in [1.82, 2.24) is 9.88 Å². The van der Waals surface area contributed by atoms with E-state index in [9.17, 15) is 9.59 Å². The monoisotopic (exact) mass is 601 g/mol. The molecule has 226 valence electrons. The molecule has 2 heterocycles. The fourth-order valence-corrected chi connectivity index (χ4v) is 5.78. The van der Waals surface area contributed by atoms with E-state index < -0.39 is 11.6 Å². The number of rotatable bonds is 6. The van der Waals surface area contributed by atoms with Crippen LogP contribution in [0.5, 0.6) is 0 Å². The van der Waals surface area contributed by atoms with Crippen molar-refractivity contribution >= 4 is 35.1 Å². The van der Waals surface area contributed by atoms with Gasteiger partial charge in [-0.15, -0.1) is 0 Å². The smallest absolute Gasteiger partial charge is 0.338 e. The molecule has 5 rings (SSSR count). The molecular weight excluding hydrogens is 562 g/mol. The van der Waals surface area contributed by atoms with E-state index in [4.69, 9.17) is 26.1 Å². The molecule has 1 aliphatic carbocycles. The second-order valence-corrected chi connectivity index (χ2v) is 12.8.